The van der Waals surface area contributed by atoms with Crippen LogP contribution in [0.3, 0.4) is 0 Å². The summed E-state index contributed by atoms with van der Waals surface area (Å²) in [6.45, 7) is 9.10. The van der Waals surface area contributed by atoms with Gasteiger partial charge in [0.2, 0.25) is 5.91 Å². The Kier molecular flexibility index (Phi) is 10.8. The minimum Gasteiger partial charge on any atom is -0.367 e. The van der Waals surface area contributed by atoms with E-state index in [1.807, 2.05) is 13.8 Å². The number of unbranched alkanes of at least 4 members (excludes halogenated alkanes) is 6. The van der Waals surface area contributed by atoms with Crippen molar-refractivity contribution in [3.8, 4) is 0 Å². The maximum atomic E-state index is 11.9. The van der Waals surface area contributed by atoms with Gasteiger partial charge in [0.15, 0.2) is 0 Å². The number of hydrogen-bond acceptors (Lipinski definition) is 2. The average Bonchev–Trinajstić information content (AvgIpc) is 2.40. The van der Waals surface area contributed by atoms with Crippen LogP contribution in [-0.2, 0) is 9.53 Å². The molecule has 3 nitrogen and oxygen atoms in total. The molecular weight excluding hydrogens is 250 g/mol. The Morgan fingerprint density at radius 3 is 2.00 bits per heavy atom. The van der Waals surface area contributed by atoms with Crippen molar-refractivity contribution < 1.29 is 9.53 Å². The first-order valence-electron chi connectivity index (χ1n) is 8.45. The lowest BCUT2D eigenvalue weighted by Gasteiger charge is -2.34. The third-order valence-corrected chi connectivity index (χ3v) is 4.11. The lowest BCUT2D eigenvalue weighted by atomic mass is 9.84. The molecule has 0 aromatic carbocycles. The zero-order valence-electron chi connectivity index (χ0n) is 14.0. The van der Waals surface area contributed by atoms with Gasteiger partial charge in [0.1, 0.15) is 5.60 Å². The summed E-state index contributed by atoms with van der Waals surface area (Å²) < 4.78 is 6.00. The first kappa shape index (κ1) is 19.4. The molecule has 0 aliphatic carbocycles. The molecule has 20 heavy (non-hydrogen) atoms. The summed E-state index contributed by atoms with van der Waals surface area (Å²) in [4.78, 5) is 11.9. The van der Waals surface area contributed by atoms with E-state index >= 15 is 0 Å². The summed E-state index contributed by atoms with van der Waals surface area (Å²) in [6, 6.07) is 0. The molecule has 0 aliphatic heterocycles. The van der Waals surface area contributed by atoms with Gasteiger partial charge in [0.25, 0.3) is 0 Å². The number of ether oxygens (including phenoxy) is 1. The van der Waals surface area contributed by atoms with Gasteiger partial charge in [-0.05, 0) is 18.8 Å². The molecular formula is C17H35NO2. The zero-order chi connectivity index (χ0) is 15.4. The van der Waals surface area contributed by atoms with Crippen molar-refractivity contribution in [2.75, 3.05) is 6.61 Å². The van der Waals surface area contributed by atoms with Crippen LogP contribution in [0.5, 0.6) is 0 Å². The quantitative estimate of drug-likeness (QED) is 0.509. The summed E-state index contributed by atoms with van der Waals surface area (Å²) in [5.74, 6) is -0.160. The maximum absolute atomic E-state index is 11.9. The minimum atomic E-state index is -0.764. The van der Waals surface area contributed by atoms with Crippen molar-refractivity contribution in [3.05, 3.63) is 0 Å². The third-order valence-electron chi connectivity index (χ3n) is 4.11. The number of hydrogen-bond donors (Lipinski definition) is 1. The molecule has 0 radical (unpaired) electrons. The highest BCUT2D eigenvalue weighted by Crippen LogP contribution is 2.29. The van der Waals surface area contributed by atoms with E-state index in [0.717, 1.165) is 25.7 Å². The van der Waals surface area contributed by atoms with Crippen LogP contribution in [0.25, 0.3) is 0 Å². The molecule has 0 aliphatic rings. The van der Waals surface area contributed by atoms with Crippen LogP contribution in [0.1, 0.15) is 85.5 Å². The maximum Gasteiger partial charge on any atom is 0.249 e. The van der Waals surface area contributed by atoms with Gasteiger partial charge in [-0.1, -0.05) is 72.6 Å². The van der Waals surface area contributed by atoms with Gasteiger partial charge in [-0.25, -0.2) is 0 Å². The van der Waals surface area contributed by atoms with E-state index in [4.69, 9.17) is 10.5 Å². The fourth-order valence-electron chi connectivity index (χ4n) is 2.60. The highest BCUT2D eigenvalue weighted by Gasteiger charge is 2.40. The van der Waals surface area contributed by atoms with Crippen molar-refractivity contribution in [2.24, 2.45) is 11.7 Å². The average molecular weight is 285 g/mol. The molecule has 0 aromatic rings. The van der Waals surface area contributed by atoms with Crippen LogP contribution in [0.15, 0.2) is 0 Å². The molecule has 120 valence electrons. The molecule has 1 atom stereocenters. The molecule has 1 unspecified atom stereocenters. The molecule has 2 N–H and O–H groups in total. The van der Waals surface area contributed by atoms with Gasteiger partial charge in [0.05, 0.1) is 0 Å². The van der Waals surface area contributed by atoms with Crippen LogP contribution in [0.4, 0.5) is 0 Å². The Hall–Kier alpha value is -0.570. The van der Waals surface area contributed by atoms with Crippen LogP contribution >= 0.6 is 0 Å². The first-order valence-corrected chi connectivity index (χ1v) is 8.45. The van der Waals surface area contributed by atoms with Crippen molar-refractivity contribution >= 4 is 5.91 Å². The molecule has 0 saturated carbocycles. The number of rotatable bonds is 13. The van der Waals surface area contributed by atoms with Crippen LogP contribution in [0.2, 0.25) is 0 Å². The van der Waals surface area contributed by atoms with E-state index in [1.54, 1.807) is 0 Å². The van der Waals surface area contributed by atoms with E-state index in [1.165, 1.54) is 32.1 Å². The number of carbonyl (C=O) groups excluding carboxylic acids is 1. The molecule has 1 amide bonds. The van der Waals surface area contributed by atoms with Gasteiger partial charge in [-0.2, -0.15) is 0 Å². The van der Waals surface area contributed by atoms with E-state index in [9.17, 15) is 4.79 Å². The van der Waals surface area contributed by atoms with Crippen molar-refractivity contribution in [1.29, 1.82) is 0 Å². The molecule has 0 saturated heterocycles. The number of primary amides is 1. The number of amides is 1. The Labute approximate surface area is 125 Å². The molecule has 3 heteroatoms. The van der Waals surface area contributed by atoms with Crippen molar-refractivity contribution in [2.45, 2.75) is 91.1 Å². The lowest BCUT2D eigenvalue weighted by Crippen LogP contribution is -2.50. The summed E-state index contributed by atoms with van der Waals surface area (Å²) >= 11 is 0. The molecule has 0 aromatic heterocycles. The number of carbonyl (C=O) groups is 1. The molecule has 0 fully saturated rings. The molecule has 0 rings (SSSR count). The van der Waals surface area contributed by atoms with Crippen LogP contribution in [0, 0.1) is 5.92 Å². The standard InChI is InChI=1S/C17H35NO2/c1-5-7-9-11-13-17(15(3)4,16(18)19)20-14-12-10-8-6-2/h15H,5-14H2,1-4H3,(H2,18,19). The van der Waals surface area contributed by atoms with Gasteiger partial charge >= 0.3 is 0 Å². The first-order chi connectivity index (χ1) is 9.51. The van der Waals surface area contributed by atoms with Crippen LogP contribution < -0.4 is 5.73 Å². The molecule has 0 heterocycles. The second-order valence-electron chi connectivity index (χ2n) is 6.13. The highest BCUT2D eigenvalue weighted by atomic mass is 16.5. The summed E-state index contributed by atoms with van der Waals surface area (Å²) in [5.41, 5.74) is 4.90. The van der Waals surface area contributed by atoms with E-state index in [-0.39, 0.29) is 11.8 Å². The fourth-order valence-corrected chi connectivity index (χ4v) is 2.60. The molecule has 0 spiro atoms. The number of nitrogens with two attached hydrogens (primary N) is 1. The van der Waals surface area contributed by atoms with Gasteiger partial charge < -0.3 is 10.5 Å². The highest BCUT2D eigenvalue weighted by molar-refractivity contribution is 5.83. The smallest absolute Gasteiger partial charge is 0.249 e. The predicted molar refractivity (Wildman–Crippen MR) is 85.6 cm³/mol. The summed E-state index contributed by atoms with van der Waals surface area (Å²) in [6.07, 6.45) is 9.96. The minimum absolute atomic E-state index is 0.132. The van der Waals surface area contributed by atoms with Gasteiger partial charge in [-0.3, -0.25) is 4.79 Å². The second kappa shape index (κ2) is 11.1. The Morgan fingerprint density at radius 1 is 1.00 bits per heavy atom. The van der Waals surface area contributed by atoms with E-state index in [0.29, 0.717) is 6.61 Å². The monoisotopic (exact) mass is 285 g/mol. The lowest BCUT2D eigenvalue weighted by molar-refractivity contribution is -0.152. The summed E-state index contributed by atoms with van der Waals surface area (Å²) in [5, 5.41) is 0. The second-order valence-corrected chi connectivity index (χ2v) is 6.13. The van der Waals surface area contributed by atoms with Crippen molar-refractivity contribution in [1.82, 2.24) is 0 Å². The van der Waals surface area contributed by atoms with E-state index in [2.05, 4.69) is 13.8 Å². The van der Waals surface area contributed by atoms with E-state index < -0.39 is 5.60 Å². The van der Waals surface area contributed by atoms with Crippen molar-refractivity contribution in [3.63, 3.8) is 0 Å². The van der Waals surface area contributed by atoms with Crippen LogP contribution in [-0.4, -0.2) is 18.1 Å². The zero-order valence-corrected chi connectivity index (χ0v) is 14.0. The Bertz CT molecular complexity index is 253. The fraction of sp³-hybridized carbons (Fsp3) is 0.941. The largest absolute Gasteiger partial charge is 0.367 e. The Balaban J connectivity index is 4.40. The SMILES string of the molecule is CCCCCCOC(CCCCCC)(C(N)=O)C(C)C. The third kappa shape index (κ3) is 6.74. The summed E-state index contributed by atoms with van der Waals surface area (Å²) in [7, 11) is 0. The Morgan fingerprint density at radius 2 is 1.55 bits per heavy atom. The molecule has 0 bridgehead atoms. The topological polar surface area (TPSA) is 52.3 Å². The normalized spacial score (nSPS) is 14.4. The van der Waals surface area contributed by atoms with Gasteiger partial charge in [-0.15, -0.1) is 0 Å². The predicted octanol–water partition coefficient (Wildman–Crippen LogP) is 4.43. The van der Waals surface area contributed by atoms with Gasteiger partial charge in [0, 0.05) is 6.61 Å².